The molecule has 0 aliphatic rings. The molecule has 0 saturated heterocycles. The fourth-order valence-electron chi connectivity index (χ4n) is 2.44. The zero-order valence-corrected chi connectivity index (χ0v) is 16.0. The summed E-state index contributed by atoms with van der Waals surface area (Å²) in [6.07, 6.45) is -1.50. The van der Waals surface area contributed by atoms with Gasteiger partial charge in [0.15, 0.2) is 23.0 Å². The van der Waals surface area contributed by atoms with E-state index in [9.17, 15) is 44.7 Å². The van der Waals surface area contributed by atoms with Crippen molar-refractivity contribution in [2.45, 2.75) is 19.1 Å². The van der Waals surface area contributed by atoms with E-state index in [2.05, 4.69) is 5.32 Å². The van der Waals surface area contributed by atoms with Crippen LogP contribution in [0.2, 0.25) is 0 Å². The molecule has 0 aliphatic carbocycles. The highest BCUT2D eigenvalue weighted by Crippen LogP contribution is 2.28. The Labute approximate surface area is 174 Å². The van der Waals surface area contributed by atoms with Gasteiger partial charge in [-0.25, -0.2) is 4.79 Å². The maximum Gasteiger partial charge on any atom is 0.328 e. The van der Waals surface area contributed by atoms with Crippen LogP contribution in [0.15, 0.2) is 36.4 Å². The van der Waals surface area contributed by atoms with Gasteiger partial charge in [0.2, 0.25) is 0 Å². The van der Waals surface area contributed by atoms with Crippen LogP contribution in [0.5, 0.6) is 23.0 Å². The SMILES string of the molecule is C[C@@H](O)[C@H](NC(=O)c1cccc(O)c1O)C(=O)NC(=O)NC(=O)c1cccc(O)c1O. The van der Waals surface area contributed by atoms with Gasteiger partial charge < -0.3 is 30.8 Å². The molecule has 2 rings (SSSR count). The molecule has 0 unspecified atom stereocenters. The molecule has 8 N–H and O–H groups in total. The largest absolute Gasteiger partial charge is 0.504 e. The minimum atomic E-state index is -1.68. The number of carbonyl (C=O) groups excluding carboxylic acids is 4. The molecule has 0 aliphatic heterocycles. The first-order chi connectivity index (χ1) is 14.5. The summed E-state index contributed by atoms with van der Waals surface area (Å²) in [7, 11) is 0. The van der Waals surface area contributed by atoms with Crippen LogP contribution in [-0.4, -0.2) is 61.4 Å². The second-order valence-electron chi connectivity index (χ2n) is 6.31. The molecule has 0 radical (unpaired) electrons. The zero-order valence-electron chi connectivity index (χ0n) is 16.0. The van der Waals surface area contributed by atoms with E-state index in [1.54, 1.807) is 10.6 Å². The lowest BCUT2D eigenvalue weighted by atomic mass is 10.1. The number of hydrogen-bond acceptors (Lipinski definition) is 9. The Kier molecular flexibility index (Phi) is 7.00. The maximum atomic E-state index is 12.3. The van der Waals surface area contributed by atoms with Crippen molar-refractivity contribution in [1.29, 1.82) is 0 Å². The van der Waals surface area contributed by atoms with Crippen LogP contribution in [0.3, 0.4) is 0 Å². The summed E-state index contributed by atoms with van der Waals surface area (Å²) in [4.78, 5) is 48.5. The van der Waals surface area contributed by atoms with Crippen LogP contribution >= 0.6 is 0 Å². The van der Waals surface area contributed by atoms with Gasteiger partial charge in [-0.1, -0.05) is 12.1 Å². The fourth-order valence-corrected chi connectivity index (χ4v) is 2.44. The number of imide groups is 2. The van der Waals surface area contributed by atoms with Crippen LogP contribution < -0.4 is 16.0 Å². The van der Waals surface area contributed by atoms with Crippen LogP contribution in [0.1, 0.15) is 27.6 Å². The number of benzene rings is 2. The zero-order chi connectivity index (χ0) is 23.3. The second-order valence-corrected chi connectivity index (χ2v) is 6.31. The lowest BCUT2D eigenvalue weighted by Crippen LogP contribution is -2.55. The van der Waals surface area contributed by atoms with E-state index in [0.717, 1.165) is 31.2 Å². The second kappa shape index (κ2) is 9.45. The van der Waals surface area contributed by atoms with Crippen molar-refractivity contribution in [2.75, 3.05) is 0 Å². The third-order valence-corrected chi connectivity index (χ3v) is 4.03. The molecule has 0 saturated carbocycles. The van der Waals surface area contributed by atoms with Crippen LogP contribution in [0.25, 0.3) is 0 Å². The fraction of sp³-hybridized carbons (Fsp3) is 0.158. The first kappa shape index (κ1) is 23.0. The molecule has 2 atom stereocenters. The normalized spacial score (nSPS) is 12.3. The minimum Gasteiger partial charge on any atom is -0.504 e. The van der Waals surface area contributed by atoms with E-state index < -0.39 is 70.0 Å². The Morgan fingerprint density at radius 1 is 0.774 bits per heavy atom. The number of amides is 5. The predicted octanol–water partition coefficient (Wildman–Crippen LogP) is -0.346. The van der Waals surface area contributed by atoms with Gasteiger partial charge in [0.25, 0.3) is 17.7 Å². The molecule has 0 aromatic heterocycles. The highest BCUT2D eigenvalue weighted by atomic mass is 16.3. The Morgan fingerprint density at radius 2 is 1.26 bits per heavy atom. The molecular weight excluding hydrogens is 414 g/mol. The van der Waals surface area contributed by atoms with Gasteiger partial charge in [0.1, 0.15) is 6.04 Å². The molecule has 2 aromatic rings. The van der Waals surface area contributed by atoms with Crippen LogP contribution in [-0.2, 0) is 4.79 Å². The van der Waals surface area contributed by atoms with E-state index in [1.165, 1.54) is 12.1 Å². The molecule has 2 aromatic carbocycles. The number of phenols is 4. The molecule has 0 fully saturated rings. The average Bonchev–Trinajstić information content (AvgIpc) is 2.69. The van der Waals surface area contributed by atoms with Gasteiger partial charge in [-0.15, -0.1) is 0 Å². The Balaban J connectivity index is 2.07. The number of aliphatic hydroxyl groups excluding tert-OH is 1. The van der Waals surface area contributed by atoms with Crippen molar-refractivity contribution < 1.29 is 44.7 Å². The summed E-state index contributed by atoms with van der Waals surface area (Å²) in [5, 5.41) is 53.6. The first-order valence-electron chi connectivity index (χ1n) is 8.70. The quantitative estimate of drug-likeness (QED) is 0.290. The van der Waals surface area contributed by atoms with Crippen molar-refractivity contribution >= 4 is 23.8 Å². The number of phenolic OH excluding ortho intramolecular Hbond substituents is 4. The van der Waals surface area contributed by atoms with Crippen molar-refractivity contribution in [1.82, 2.24) is 16.0 Å². The van der Waals surface area contributed by atoms with Crippen LogP contribution in [0.4, 0.5) is 4.79 Å². The van der Waals surface area contributed by atoms with Crippen LogP contribution in [0, 0.1) is 0 Å². The summed E-state index contributed by atoms with van der Waals surface area (Å²) >= 11 is 0. The van der Waals surface area contributed by atoms with Crippen molar-refractivity contribution in [2.24, 2.45) is 0 Å². The first-order valence-corrected chi connectivity index (χ1v) is 8.70. The van der Waals surface area contributed by atoms with Crippen molar-refractivity contribution in [3.05, 3.63) is 47.5 Å². The summed E-state index contributed by atoms with van der Waals surface area (Å²) in [6, 6.07) is 3.98. The van der Waals surface area contributed by atoms with Gasteiger partial charge in [-0.3, -0.25) is 25.0 Å². The number of aliphatic hydroxyl groups is 1. The number of rotatable bonds is 5. The summed E-state index contributed by atoms with van der Waals surface area (Å²) < 4.78 is 0. The molecule has 31 heavy (non-hydrogen) atoms. The Bertz CT molecular complexity index is 1040. The number of urea groups is 1. The monoisotopic (exact) mass is 433 g/mol. The number of hydrogen-bond donors (Lipinski definition) is 8. The van der Waals surface area contributed by atoms with Gasteiger partial charge in [0, 0.05) is 0 Å². The van der Waals surface area contributed by atoms with E-state index in [0.29, 0.717) is 0 Å². The van der Waals surface area contributed by atoms with Crippen molar-refractivity contribution in [3.63, 3.8) is 0 Å². The molecule has 0 bridgehead atoms. The highest BCUT2D eigenvalue weighted by Gasteiger charge is 2.29. The molecular formula is C19H19N3O9. The average molecular weight is 433 g/mol. The van der Waals surface area contributed by atoms with E-state index in [1.807, 2.05) is 0 Å². The summed E-state index contributed by atoms with van der Waals surface area (Å²) in [6.45, 7) is 1.14. The lowest BCUT2D eigenvalue weighted by Gasteiger charge is -2.20. The Morgan fingerprint density at radius 3 is 1.74 bits per heavy atom. The van der Waals surface area contributed by atoms with Gasteiger partial charge in [-0.2, -0.15) is 0 Å². The molecule has 12 nitrogen and oxygen atoms in total. The van der Waals surface area contributed by atoms with E-state index in [4.69, 9.17) is 0 Å². The predicted molar refractivity (Wildman–Crippen MR) is 103 cm³/mol. The summed E-state index contributed by atoms with van der Waals surface area (Å²) in [5.74, 6) is -6.08. The lowest BCUT2D eigenvalue weighted by molar-refractivity contribution is -0.124. The smallest absolute Gasteiger partial charge is 0.328 e. The third-order valence-electron chi connectivity index (χ3n) is 4.03. The number of para-hydroxylation sites is 2. The third kappa shape index (κ3) is 5.39. The standard InChI is InChI=1S/C19H19N3O9/c1-8(23)13(20-16(28)9-4-2-6-11(24)14(9)26)18(30)22-19(31)21-17(29)10-5-3-7-12(25)15(10)27/h2-8,13,23-27H,1H3,(H,20,28)(H2,21,22,29,30,31)/t8-,13+/m1/s1. The van der Waals surface area contributed by atoms with Gasteiger partial charge in [-0.05, 0) is 31.2 Å². The van der Waals surface area contributed by atoms with Crippen molar-refractivity contribution in [3.8, 4) is 23.0 Å². The minimum absolute atomic E-state index is 0.391. The van der Waals surface area contributed by atoms with Gasteiger partial charge >= 0.3 is 6.03 Å². The summed E-state index contributed by atoms with van der Waals surface area (Å²) in [5.41, 5.74) is -0.834. The van der Waals surface area contributed by atoms with E-state index in [-0.39, 0.29) is 0 Å². The van der Waals surface area contributed by atoms with Gasteiger partial charge in [0.05, 0.1) is 17.2 Å². The number of nitrogens with one attached hydrogen (secondary N) is 3. The number of carbonyl (C=O) groups is 4. The molecule has 5 amide bonds. The maximum absolute atomic E-state index is 12.3. The topological polar surface area (TPSA) is 206 Å². The molecule has 164 valence electrons. The molecule has 0 heterocycles. The molecule has 12 heteroatoms. The Hall–Kier alpha value is -4.32. The molecule has 0 spiro atoms. The highest BCUT2D eigenvalue weighted by molar-refractivity contribution is 6.10. The number of aromatic hydroxyl groups is 4. The van der Waals surface area contributed by atoms with E-state index >= 15 is 0 Å².